The zero-order valence-corrected chi connectivity index (χ0v) is 15.5. The van der Waals surface area contributed by atoms with Crippen LogP contribution in [0.2, 0.25) is 0 Å². The van der Waals surface area contributed by atoms with E-state index >= 15 is 0 Å². The van der Waals surface area contributed by atoms with Crippen molar-refractivity contribution in [2.45, 2.75) is 12.8 Å². The first-order valence-electron chi connectivity index (χ1n) is 9.52. The number of anilines is 1. The van der Waals surface area contributed by atoms with Crippen LogP contribution in [-0.2, 0) is 7.05 Å². The second-order valence-electron chi connectivity index (χ2n) is 7.12. The minimum atomic E-state index is 0.658. The van der Waals surface area contributed by atoms with E-state index in [1.54, 1.807) is 6.20 Å². The van der Waals surface area contributed by atoms with E-state index in [0.29, 0.717) is 5.95 Å². The summed E-state index contributed by atoms with van der Waals surface area (Å²) in [5.74, 6) is 1.47. The molecule has 3 aromatic heterocycles. The van der Waals surface area contributed by atoms with Crippen molar-refractivity contribution in [1.29, 1.82) is 0 Å². The quantitative estimate of drug-likeness (QED) is 0.592. The molecule has 1 aliphatic heterocycles. The lowest BCUT2D eigenvalue weighted by Gasteiger charge is -2.15. The fourth-order valence-electron chi connectivity index (χ4n) is 3.93. The molecule has 7 nitrogen and oxygen atoms in total. The van der Waals surface area contributed by atoms with Crippen molar-refractivity contribution in [1.82, 2.24) is 29.0 Å². The number of fused-ring (bicyclic) bond motifs is 2. The second-order valence-corrected chi connectivity index (χ2v) is 7.12. The van der Waals surface area contributed by atoms with Gasteiger partial charge in [-0.3, -0.25) is 0 Å². The Morgan fingerprint density at radius 3 is 2.81 bits per heavy atom. The summed E-state index contributed by atoms with van der Waals surface area (Å²) in [6, 6.07) is 10.3. The third kappa shape index (κ3) is 2.94. The van der Waals surface area contributed by atoms with E-state index in [4.69, 9.17) is 4.98 Å². The molecule has 7 heteroatoms. The maximum atomic E-state index is 4.82. The monoisotopic (exact) mass is 361 g/mol. The number of aryl methyl sites for hydroxylation is 1. The fraction of sp³-hybridized carbons (Fsp3) is 0.350. The molecule has 27 heavy (non-hydrogen) atoms. The van der Waals surface area contributed by atoms with Crippen LogP contribution in [0.5, 0.6) is 0 Å². The highest BCUT2D eigenvalue weighted by Gasteiger charge is 2.16. The number of rotatable bonds is 5. The van der Waals surface area contributed by atoms with Crippen LogP contribution in [0, 0.1) is 0 Å². The van der Waals surface area contributed by atoms with Crippen LogP contribution < -0.4 is 5.32 Å². The van der Waals surface area contributed by atoms with Gasteiger partial charge in [0.05, 0.1) is 6.20 Å². The van der Waals surface area contributed by atoms with Crippen molar-refractivity contribution in [3.63, 3.8) is 0 Å². The van der Waals surface area contributed by atoms with Crippen molar-refractivity contribution in [3.8, 4) is 11.4 Å². The largest absolute Gasteiger partial charge is 0.353 e. The van der Waals surface area contributed by atoms with Crippen molar-refractivity contribution < 1.29 is 0 Å². The third-order valence-corrected chi connectivity index (χ3v) is 5.30. The van der Waals surface area contributed by atoms with Gasteiger partial charge in [-0.25, -0.2) is 0 Å². The number of hydrogen-bond donors (Lipinski definition) is 1. The van der Waals surface area contributed by atoms with Crippen LogP contribution in [0.1, 0.15) is 12.8 Å². The van der Waals surface area contributed by atoms with Crippen LogP contribution in [0.15, 0.2) is 42.7 Å². The van der Waals surface area contributed by atoms with Crippen LogP contribution in [0.3, 0.4) is 0 Å². The summed E-state index contributed by atoms with van der Waals surface area (Å²) >= 11 is 0. The molecule has 1 aromatic carbocycles. The Morgan fingerprint density at radius 1 is 1.07 bits per heavy atom. The summed E-state index contributed by atoms with van der Waals surface area (Å²) in [5, 5.41) is 9.01. The van der Waals surface area contributed by atoms with Crippen LogP contribution in [0.4, 0.5) is 5.95 Å². The number of likely N-dealkylation sites (tertiary alicyclic amines) is 1. The summed E-state index contributed by atoms with van der Waals surface area (Å²) in [4.78, 5) is 11.9. The number of benzene rings is 1. The molecule has 4 heterocycles. The molecular weight excluding hydrogens is 338 g/mol. The molecule has 0 atom stereocenters. The van der Waals surface area contributed by atoms with Crippen LogP contribution >= 0.6 is 0 Å². The van der Waals surface area contributed by atoms with Gasteiger partial charge in [0.25, 0.3) is 0 Å². The standard InChI is InChI=1S/C20H23N7/c1-25-14-16(15-6-2-3-7-17(15)25)19-24-20(23-18-8-9-22-27(18)19)21-10-13-26-11-4-5-12-26/h2-3,6-9,14H,4-5,10-13H2,1H3,(H,21,23). The Hall–Kier alpha value is -2.93. The van der Waals surface area contributed by atoms with Gasteiger partial charge in [-0.2, -0.15) is 19.6 Å². The van der Waals surface area contributed by atoms with Crippen molar-refractivity contribution in [2.24, 2.45) is 7.05 Å². The molecule has 1 aliphatic rings. The average Bonchev–Trinajstić information content (AvgIpc) is 3.42. The minimum Gasteiger partial charge on any atom is -0.353 e. The lowest BCUT2D eigenvalue weighted by Crippen LogP contribution is -2.26. The Labute approximate surface area is 157 Å². The predicted molar refractivity (Wildman–Crippen MR) is 107 cm³/mol. The number of aromatic nitrogens is 5. The lowest BCUT2D eigenvalue weighted by molar-refractivity contribution is 0.352. The normalized spacial score (nSPS) is 15.1. The smallest absolute Gasteiger partial charge is 0.226 e. The van der Waals surface area contributed by atoms with Crippen LogP contribution in [0.25, 0.3) is 27.9 Å². The molecule has 0 aliphatic carbocycles. The predicted octanol–water partition coefficient (Wildman–Crippen LogP) is 2.79. The Morgan fingerprint density at radius 2 is 1.93 bits per heavy atom. The fourth-order valence-corrected chi connectivity index (χ4v) is 3.93. The van der Waals surface area contributed by atoms with Gasteiger partial charge in [0.1, 0.15) is 0 Å². The summed E-state index contributed by atoms with van der Waals surface area (Å²) in [5.41, 5.74) is 3.04. The molecule has 0 saturated carbocycles. The third-order valence-electron chi connectivity index (χ3n) is 5.30. The molecular formula is C20H23N7. The molecule has 1 fully saturated rings. The zero-order chi connectivity index (χ0) is 18.2. The topological polar surface area (TPSA) is 63.3 Å². The summed E-state index contributed by atoms with van der Waals surface area (Å²) < 4.78 is 3.94. The summed E-state index contributed by atoms with van der Waals surface area (Å²) in [6.07, 6.45) is 6.50. The molecule has 1 N–H and O–H groups in total. The molecule has 0 radical (unpaired) electrons. The zero-order valence-electron chi connectivity index (χ0n) is 15.5. The first kappa shape index (κ1) is 16.3. The first-order valence-corrected chi connectivity index (χ1v) is 9.52. The number of nitrogens with one attached hydrogen (secondary N) is 1. The van der Waals surface area contributed by atoms with E-state index in [9.17, 15) is 0 Å². The molecule has 4 aromatic rings. The van der Waals surface area contributed by atoms with Gasteiger partial charge < -0.3 is 14.8 Å². The van der Waals surface area contributed by atoms with E-state index in [1.165, 1.54) is 36.8 Å². The first-order chi connectivity index (χ1) is 13.3. The van der Waals surface area contributed by atoms with Crippen molar-refractivity contribution >= 4 is 22.5 Å². The average molecular weight is 361 g/mol. The maximum Gasteiger partial charge on any atom is 0.226 e. The summed E-state index contributed by atoms with van der Waals surface area (Å²) in [7, 11) is 2.06. The minimum absolute atomic E-state index is 0.658. The van der Waals surface area contributed by atoms with E-state index in [0.717, 1.165) is 30.1 Å². The Bertz CT molecular complexity index is 1090. The Balaban J connectivity index is 1.52. The molecule has 0 bridgehead atoms. The van der Waals surface area contributed by atoms with Gasteiger partial charge in [-0.1, -0.05) is 18.2 Å². The van der Waals surface area contributed by atoms with E-state index in [2.05, 4.69) is 62.4 Å². The SMILES string of the molecule is Cn1cc(-c2nc(NCCN3CCCC3)nc3ccnn23)c2ccccc21. The molecule has 0 unspecified atom stereocenters. The van der Waals surface area contributed by atoms with Gasteiger partial charge in [0.15, 0.2) is 11.5 Å². The molecule has 1 saturated heterocycles. The van der Waals surface area contributed by atoms with E-state index in [-0.39, 0.29) is 0 Å². The van der Waals surface area contributed by atoms with Gasteiger partial charge in [-0.05, 0) is 32.0 Å². The van der Waals surface area contributed by atoms with Crippen LogP contribution in [-0.4, -0.2) is 55.2 Å². The molecule has 0 amide bonds. The lowest BCUT2D eigenvalue weighted by atomic mass is 10.1. The van der Waals surface area contributed by atoms with E-state index < -0.39 is 0 Å². The highest BCUT2D eigenvalue weighted by Crippen LogP contribution is 2.29. The highest BCUT2D eigenvalue weighted by molar-refractivity contribution is 5.94. The molecule has 0 spiro atoms. The number of hydrogen-bond acceptors (Lipinski definition) is 5. The van der Waals surface area contributed by atoms with Crippen molar-refractivity contribution in [2.75, 3.05) is 31.5 Å². The number of nitrogens with zero attached hydrogens (tertiary/aromatic N) is 6. The molecule has 5 rings (SSSR count). The highest BCUT2D eigenvalue weighted by atomic mass is 15.3. The number of para-hydroxylation sites is 1. The second kappa shape index (κ2) is 6.66. The van der Waals surface area contributed by atoms with Gasteiger partial charge in [0, 0.05) is 48.9 Å². The maximum absolute atomic E-state index is 4.82. The molecule has 138 valence electrons. The van der Waals surface area contributed by atoms with E-state index in [1.807, 2.05) is 10.6 Å². The Kier molecular flexibility index (Phi) is 4.01. The van der Waals surface area contributed by atoms with Gasteiger partial charge in [0.2, 0.25) is 5.95 Å². The van der Waals surface area contributed by atoms with Gasteiger partial charge >= 0.3 is 0 Å². The van der Waals surface area contributed by atoms with Gasteiger partial charge in [-0.15, -0.1) is 0 Å². The van der Waals surface area contributed by atoms with Crippen molar-refractivity contribution in [3.05, 3.63) is 42.7 Å². The summed E-state index contributed by atoms with van der Waals surface area (Å²) in [6.45, 7) is 4.27.